The molecule has 2 unspecified atom stereocenters. The van der Waals surface area contributed by atoms with Crippen LogP contribution in [0.25, 0.3) is 0 Å². The van der Waals surface area contributed by atoms with Crippen LogP contribution in [0.15, 0.2) is 11.4 Å². The molecule has 3 rings (SSSR count). The van der Waals surface area contributed by atoms with Crippen molar-refractivity contribution < 1.29 is 0 Å². The summed E-state index contributed by atoms with van der Waals surface area (Å²) < 4.78 is 0. The summed E-state index contributed by atoms with van der Waals surface area (Å²) in [5, 5.41) is 5.85. The summed E-state index contributed by atoms with van der Waals surface area (Å²) in [5.41, 5.74) is 1.64. The fraction of sp³-hybridized carbons (Fsp3) is 0.750. The minimum absolute atomic E-state index is 0.696. The molecule has 19 heavy (non-hydrogen) atoms. The van der Waals surface area contributed by atoms with Gasteiger partial charge in [0.2, 0.25) is 0 Å². The highest BCUT2D eigenvalue weighted by molar-refractivity contribution is 7.10. The second kappa shape index (κ2) is 6.38. The average molecular weight is 278 g/mol. The molecule has 1 aliphatic heterocycles. The van der Waals surface area contributed by atoms with Crippen LogP contribution in [0.4, 0.5) is 0 Å². The van der Waals surface area contributed by atoms with Gasteiger partial charge in [-0.15, -0.1) is 11.3 Å². The van der Waals surface area contributed by atoms with Gasteiger partial charge < -0.3 is 5.32 Å². The quantitative estimate of drug-likeness (QED) is 0.907. The zero-order chi connectivity index (χ0) is 13.1. The van der Waals surface area contributed by atoms with E-state index in [1.54, 1.807) is 10.4 Å². The molecule has 1 aromatic heterocycles. The standard InChI is InChI=1S/C16H26N2S/c1-2-18(12-13-5-4-9-17-11-13)15-6-3-7-16-14(15)8-10-19-16/h8,10,13,15,17H,2-7,9,11-12H2,1H3. The molecule has 2 nitrogen and oxygen atoms in total. The largest absolute Gasteiger partial charge is 0.316 e. The van der Waals surface area contributed by atoms with E-state index in [1.807, 2.05) is 11.3 Å². The number of nitrogens with one attached hydrogen (secondary N) is 1. The van der Waals surface area contributed by atoms with Gasteiger partial charge in [0.05, 0.1) is 0 Å². The van der Waals surface area contributed by atoms with E-state index >= 15 is 0 Å². The van der Waals surface area contributed by atoms with Crippen molar-refractivity contribution >= 4 is 11.3 Å². The van der Waals surface area contributed by atoms with Crippen LogP contribution in [0, 0.1) is 5.92 Å². The second-order valence-electron chi connectivity index (χ2n) is 6.01. The van der Waals surface area contributed by atoms with Gasteiger partial charge in [-0.1, -0.05) is 6.92 Å². The molecule has 0 aromatic carbocycles. The van der Waals surface area contributed by atoms with E-state index in [9.17, 15) is 0 Å². The molecule has 2 aliphatic rings. The lowest BCUT2D eigenvalue weighted by Gasteiger charge is -2.37. The van der Waals surface area contributed by atoms with E-state index < -0.39 is 0 Å². The molecule has 2 atom stereocenters. The van der Waals surface area contributed by atoms with Crippen molar-refractivity contribution in [2.24, 2.45) is 5.92 Å². The Morgan fingerprint density at radius 3 is 3.11 bits per heavy atom. The van der Waals surface area contributed by atoms with Crippen molar-refractivity contribution in [3.05, 3.63) is 21.9 Å². The van der Waals surface area contributed by atoms with Gasteiger partial charge in [0.1, 0.15) is 0 Å². The van der Waals surface area contributed by atoms with Gasteiger partial charge in [0, 0.05) is 17.5 Å². The smallest absolute Gasteiger partial charge is 0.0359 e. The van der Waals surface area contributed by atoms with Crippen LogP contribution >= 0.6 is 11.3 Å². The Morgan fingerprint density at radius 2 is 2.32 bits per heavy atom. The Morgan fingerprint density at radius 1 is 1.37 bits per heavy atom. The predicted molar refractivity (Wildman–Crippen MR) is 82.8 cm³/mol. The highest BCUT2D eigenvalue weighted by atomic mass is 32.1. The van der Waals surface area contributed by atoms with E-state index in [-0.39, 0.29) is 0 Å². The van der Waals surface area contributed by atoms with Crippen molar-refractivity contribution in [1.82, 2.24) is 10.2 Å². The van der Waals surface area contributed by atoms with Crippen LogP contribution in [0.3, 0.4) is 0 Å². The second-order valence-corrected chi connectivity index (χ2v) is 7.01. The predicted octanol–water partition coefficient (Wildman–Crippen LogP) is 3.45. The highest BCUT2D eigenvalue weighted by Gasteiger charge is 2.27. The minimum atomic E-state index is 0.696. The summed E-state index contributed by atoms with van der Waals surface area (Å²) in [6.07, 6.45) is 6.81. The Labute approximate surface area is 121 Å². The lowest BCUT2D eigenvalue weighted by molar-refractivity contribution is 0.148. The fourth-order valence-electron chi connectivity index (χ4n) is 3.73. The first-order valence-electron chi connectivity index (χ1n) is 7.89. The molecule has 0 saturated carbocycles. The van der Waals surface area contributed by atoms with Gasteiger partial charge in [-0.05, 0) is 74.7 Å². The van der Waals surface area contributed by atoms with Crippen LogP contribution in [-0.4, -0.2) is 31.1 Å². The number of thiophene rings is 1. The summed E-state index contributed by atoms with van der Waals surface area (Å²) in [6.45, 7) is 7.25. The molecule has 0 amide bonds. The number of hydrogen-bond donors (Lipinski definition) is 1. The van der Waals surface area contributed by atoms with Gasteiger partial charge in [-0.2, -0.15) is 0 Å². The maximum atomic E-state index is 3.56. The molecule has 3 heteroatoms. The van der Waals surface area contributed by atoms with Crippen LogP contribution in [0.1, 0.15) is 49.1 Å². The van der Waals surface area contributed by atoms with Crippen molar-refractivity contribution in [3.63, 3.8) is 0 Å². The van der Waals surface area contributed by atoms with Gasteiger partial charge in [-0.3, -0.25) is 4.90 Å². The van der Waals surface area contributed by atoms with Crippen LogP contribution in [0.5, 0.6) is 0 Å². The minimum Gasteiger partial charge on any atom is -0.316 e. The molecular formula is C16H26N2S. The normalized spacial score (nSPS) is 27.5. The Bertz CT molecular complexity index is 395. The third-order valence-corrected chi connectivity index (χ3v) is 5.76. The van der Waals surface area contributed by atoms with Crippen LogP contribution in [0.2, 0.25) is 0 Å². The van der Waals surface area contributed by atoms with E-state index in [4.69, 9.17) is 0 Å². The molecular weight excluding hydrogens is 252 g/mol. The lowest BCUT2D eigenvalue weighted by atomic mass is 9.91. The fourth-order valence-corrected chi connectivity index (χ4v) is 4.71. The monoisotopic (exact) mass is 278 g/mol. The number of fused-ring (bicyclic) bond motifs is 1. The number of aryl methyl sites for hydroxylation is 1. The molecule has 0 spiro atoms. The van der Waals surface area contributed by atoms with Gasteiger partial charge in [0.15, 0.2) is 0 Å². The molecule has 2 heterocycles. The molecule has 1 aromatic rings. The van der Waals surface area contributed by atoms with Crippen molar-refractivity contribution in [2.45, 2.75) is 45.1 Å². The van der Waals surface area contributed by atoms with Crippen LogP contribution in [-0.2, 0) is 6.42 Å². The first-order chi connectivity index (χ1) is 9.38. The summed E-state index contributed by atoms with van der Waals surface area (Å²) in [4.78, 5) is 4.39. The topological polar surface area (TPSA) is 15.3 Å². The van der Waals surface area contributed by atoms with E-state index in [2.05, 4.69) is 28.6 Å². The van der Waals surface area contributed by atoms with E-state index in [1.165, 1.54) is 58.3 Å². The number of rotatable bonds is 4. The van der Waals surface area contributed by atoms with Crippen molar-refractivity contribution in [3.8, 4) is 0 Å². The van der Waals surface area contributed by atoms with Gasteiger partial charge >= 0.3 is 0 Å². The molecule has 1 aliphatic carbocycles. The Hall–Kier alpha value is -0.380. The molecule has 1 fully saturated rings. The number of nitrogens with zero attached hydrogens (tertiary/aromatic N) is 1. The highest BCUT2D eigenvalue weighted by Crippen LogP contribution is 2.37. The third kappa shape index (κ3) is 3.04. The molecule has 1 N–H and O–H groups in total. The zero-order valence-corrected chi connectivity index (χ0v) is 12.8. The third-order valence-electron chi connectivity index (χ3n) is 4.76. The first kappa shape index (κ1) is 13.6. The van der Waals surface area contributed by atoms with E-state index in [0.29, 0.717) is 6.04 Å². The summed E-state index contributed by atoms with van der Waals surface area (Å²) in [5.74, 6) is 0.859. The first-order valence-corrected chi connectivity index (χ1v) is 8.77. The van der Waals surface area contributed by atoms with Crippen LogP contribution < -0.4 is 5.32 Å². The molecule has 0 radical (unpaired) electrons. The zero-order valence-electron chi connectivity index (χ0n) is 12.0. The average Bonchev–Trinajstić information content (AvgIpc) is 2.94. The SMILES string of the molecule is CCN(CC1CCCNC1)C1CCCc2sccc21. The van der Waals surface area contributed by atoms with Crippen molar-refractivity contribution in [2.75, 3.05) is 26.2 Å². The number of hydrogen-bond acceptors (Lipinski definition) is 3. The van der Waals surface area contributed by atoms with E-state index in [0.717, 1.165) is 5.92 Å². The lowest BCUT2D eigenvalue weighted by Crippen LogP contribution is -2.40. The summed E-state index contributed by atoms with van der Waals surface area (Å²) in [6, 6.07) is 3.08. The van der Waals surface area contributed by atoms with Crippen molar-refractivity contribution in [1.29, 1.82) is 0 Å². The Kier molecular flexibility index (Phi) is 4.57. The number of piperidine rings is 1. The maximum absolute atomic E-state index is 3.56. The summed E-state index contributed by atoms with van der Waals surface area (Å²) in [7, 11) is 0. The van der Waals surface area contributed by atoms with Gasteiger partial charge in [-0.25, -0.2) is 0 Å². The summed E-state index contributed by atoms with van der Waals surface area (Å²) >= 11 is 1.96. The Balaban J connectivity index is 1.69. The van der Waals surface area contributed by atoms with Gasteiger partial charge in [0.25, 0.3) is 0 Å². The molecule has 106 valence electrons. The molecule has 0 bridgehead atoms. The molecule has 1 saturated heterocycles. The maximum Gasteiger partial charge on any atom is 0.0359 e.